The molecule has 5 nitrogen and oxygen atoms in total. The van der Waals surface area contributed by atoms with Gasteiger partial charge in [-0.15, -0.1) is 0 Å². The number of ether oxygens (including phenoxy) is 2. The number of aryl methyl sites for hydroxylation is 3. The Bertz CT molecular complexity index is 1100. The molecule has 0 bridgehead atoms. The molecule has 0 spiro atoms. The SMILES string of the molecule is CCOc1cc(CNc2ccc(C)c(Cl)c2)ccc1OCC(=O)Nc1cc(C)ccc1C. The maximum Gasteiger partial charge on any atom is 0.262 e. The minimum absolute atomic E-state index is 0.104. The molecule has 0 aromatic heterocycles. The number of carbonyl (C=O) groups excluding carboxylic acids is 1. The molecule has 0 radical (unpaired) electrons. The van der Waals surface area contributed by atoms with Crippen LogP contribution >= 0.6 is 11.6 Å². The Morgan fingerprint density at radius 3 is 2.44 bits per heavy atom. The third-order valence-electron chi connectivity index (χ3n) is 5.00. The van der Waals surface area contributed by atoms with Crippen molar-refractivity contribution in [2.45, 2.75) is 34.2 Å². The second kappa shape index (κ2) is 10.9. The number of rotatable bonds is 9. The van der Waals surface area contributed by atoms with E-state index in [2.05, 4.69) is 10.6 Å². The third-order valence-corrected chi connectivity index (χ3v) is 5.41. The van der Waals surface area contributed by atoms with Crippen molar-refractivity contribution in [1.82, 2.24) is 0 Å². The Hall–Kier alpha value is -3.18. The van der Waals surface area contributed by atoms with Crippen molar-refractivity contribution in [3.8, 4) is 11.5 Å². The summed E-state index contributed by atoms with van der Waals surface area (Å²) in [4.78, 5) is 12.4. The smallest absolute Gasteiger partial charge is 0.262 e. The molecule has 6 heteroatoms. The van der Waals surface area contributed by atoms with Crippen molar-refractivity contribution in [1.29, 1.82) is 0 Å². The van der Waals surface area contributed by atoms with Gasteiger partial charge in [-0.2, -0.15) is 0 Å². The number of carbonyl (C=O) groups is 1. The predicted molar refractivity (Wildman–Crippen MR) is 131 cm³/mol. The van der Waals surface area contributed by atoms with E-state index in [-0.39, 0.29) is 12.5 Å². The highest BCUT2D eigenvalue weighted by Gasteiger charge is 2.11. The number of halogens is 1. The number of amides is 1. The first-order valence-corrected chi connectivity index (χ1v) is 11.0. The minimum atomic E-state index is -0.219. The summed E-state index contributed by atoms with van der Waals surface area (Å²) in [6.07, 6.45) is 0. The second-order valence-electron chi connectivity index (χ2n) is 7.69. The number of benzene rings is 3. The second-order valence-corrected chi connectivity index (χ2v) is 8.09. The van der Waals surface area contributed by atoms with Gasteiger partial charge >= 0.3 is 0 Å². The van der Waals surface area contributed by atoms with Crippen LogP contribution in [-0.2, 0) is 11.3 Å². The van der Waals surface area contributed by atoms with Gasteiger partial charge < -0.3 is 20.1 Å². The van der Waals surface area contributed by atoms with Crippen molar-refractivity contribution in [3.05, 3.63) is 81.9 Å². The molecule has 0 aliphatic carbocycles. The summed E-state index contributed by atoms with van der Waals surface area (Å²) in [5.74, 6) is 0.918. The molecule has 0 saturated heterocycles. The van der Waals surface area contributed by atoms with Crippen LogP contribution in [0.5, 0.6) is 11.5 Å². The van der Waals surface area contributed by atoms with Crippen LogP contribution < -0.4 is 20.1 Å². The van der Waals surface area contributed by atoms with E-state index in [4.69, 9.17) is 21.1 Å². The molecule has 3 rings (SSSR count). The van der Waals surface area contributed by atoms with E-state index in [1.54, 1.807) is 0 Å². The fourth-order valence-electron chi connectivity index (χ4n) is 3.16. The highest BCUT2D eigenvalue weighted by atomic mass is 35.5. The van der Waals surface area contributed by atoms with E-state index in [1.807, 2.05) is 82.3 Å². The summed E-state index contributed by atoms with van der Waals surface area (Å²) < 4.78 is 11.5. The van der Waals surface area contributed by atoms with E-state index in [1.165, 1.54) is 0 Å². The molecule has 0 heterocycles. The normalized spacial score (nSPS) is 10.5. The van der Waals surface area contributed by atoms with Gasteiger partial charge in [-0.1, -0.05) is 35.9 Å². The zero-order valence-electron chi connectivity index (χ0n) is 18.9. The van der Waals surface area contributed by atoms with Crippen LogP contribution in [0.25, 0.3) is 0 Å². The zero-order chi connectivity index (χ0) is 23.1. The maximum atomic E-state index is 12.4. The Morgan fingerprint density at radius 2 is 1.69 bits per heavy atom. The molecule has 168 valence electrons. The van der Waals surface area contributed by atoms with Gasteiger partial charge in [0, 0.05) is 22.9 Å². The maximum absolute atomic E-state index is 12.4. The molecule has 0 atom stereocenters. The molecule has 0 aliphatic rings. The number of nitrogens with one attached hydrogen (secondary N) is 2. The molecule has 0 saturated carbocycles. The van der Waals surface area contributed by atoms with Crippen LogP contribution in [0.2, 0.25) is 5.02 Å². The lowest BCUT2D eigenvalue weighted by atomic mass is 10.1. The van der Waals surface area contributed by atoms with Gasteiger partial charge in [0.1, 0.15) is 0 Å². The van der Waals surface area contributed by atoms with Crippen molar-refractivity contribution in [2.75, 3.05) is 23.8 Å². The van der Waals surface area contributed by atoms with Gasteiger partial charge in [0.2, 0.25) is 0 Å². The van der Waals surface area contributed by atoms with Gasteiger partial charge in [-0.25, -0.2) is 0 Å². The first kappa shape index (κ1) is 23.5. The largest absolute Gasteiger partial charge is 0.490 e. The fraction of sp³-hybridized carbons (Fsp3) is 0.269. The minimum Gasteiger partial charge on any atom is -0.490 e. The Kier molecular flexibility index (Phi) is 8.01. The highest BCUT2D eigenvalue weighted by molar-refractivity contribution is 6.31. The topological polar surface area (TPSA) is 59.6 Å². The fourth-order valence-corrected chi connectivity index (χ4v) is 3.34. The van der Waals surface area contributed by atoms with E-state index in [9.17, 15) is 4.79 Å². The molecule has 0 fully saturated rings. The average Bonchev–Trinajstić information content (AvgIpc) is 2.76. The summed E-state index contributed by atoms with van der Waals surface area (Å²) in [7, 11) is 0. The molecule has 32 heavy (non-hydrogen) atoms. The highest BCUT2D eigenvalue weighted by Crippen LogP contribution is 2.29. The third kappa shape index (κ3) is 6.41. The monoisotopic (exact) mass is 452 g/mol. The van der Waals surface area contributed by atoms with E-state index < -0.39 is 0 Å². The van der Waals surface area contributed by atoms with Crippen LogP contribution in [-0.4, -0.2) is 19.1 Å². The number of hydrogen-bond donors (Lipinski definition) is 2. The van der Waals surface area contributed by atoms with Gasteiger partial charge in [0.15, 0.2) is 18.1 Å². The molecule has 1 amide bonds. The summed E-state index contributed by atoms with van der Waals surface area (Å²) in [5.41, 5.74) is 5.90. The zero-order valence-corrected chi connectivity index (χ0v) is 19.7. The number of anilines is 2. The van der Waals surface area contributed by atoms with E-state index >= 15 is 0 Å². The van der Waals surface area contributed by atoms with Crippen LogP contribution in [0.1, 0.15) is 29.2 Å². The first-order valence-electron chi connectivity index (χ1n) is 10.6. The van der Waals surface area contributed by atoms with Crippen molar-refractivity contribution >= 4 is 28.9 Å². The lowest BCUT2D eigenvalue weighted by molar-refractivity contribution is -0.118. The van der Waals surface area contributed by atoms with Crippen LogP contribution in [0.15, 0.2) is 54.6 Å². The molecule has 0 unspecified atom stereocenters. The molecular weight excluding hydrogens is 424 g/mol. The average molecular weight is 453 g/mol. The first-order chi connectivity index (χ1) is 15.4. The quantitative estimate of drug-likeness (QED) is 0.400. The van der Waals surface area contributed by atoms with Gasteiger partial charge in [0.05, 0.1) is 6.61 Å². The van der Waals surface area contributed by atoms with Crippen molar-refractivity contribution < 1.29 is 14.3 Å². The summed E-state index contributed by atoms with van der Waals surface area (Å²) in [6, 6.07) is 17.5. The number of hydrogen-bond acceptors (Lipinski definition) is 4. The molecule has 3 aromatic rings. The molecule has 2 N–H and O–H groups in total. The summed E-state index contributed by atoms with van der Waals surface area (Å²) in [6.45, 7) is 8.83. The van der Waals surface area contributed by atoms with Crippen LogP contribution in [0.4, 0.5) is 11.4 Å². The molecule has 3 aromatic carbocycles. The van der Waals surface area contributed by atoms with Crippen LogP contribution in [0.3, 0.4) is 0 Å². The van der Waals surface area contributed by atoms with Gasteiger partial charge in [-0.05, 0) is 80.3 Å². The van der Waals surface area contributed by atoms with Crippen molar-refractivity contribution in [2.24, 2.45) is 0 Å². The molecular formula is C26H29ClN2O3. The summed E-state index contributed by atoms with van der Waals surface area (Å²) >= 11 is 6.20. The van der Waals surface area contributed by atoms with E-state index in [0.717, 1.165) is 38.7 Å². The van der Waals surface area contributed by atoms with Crippen molar-refractivity contribution in [3.63, 3.8) is 0 Å². The Balaban J connectivity index is 1.62. The van der Waals surface area contributed by atoms with Gasteiger partial charge in [-0.3, -0.25) is 4.79 Å². The standard InChI is InChI=1S/C26H29ClN2O3/c1-5-31-25-13-20(15-28-21-10-8-18(3)22(27)14-21)9-11-24(25)32-16-26(30)29-23-12-17(2)6-7-19(23)4/h6-14,28H,5,15-16H2,1-4H3,(H,29,30). The Morgan fingerprint density at radius 1 is 0.906 bits per heavy atom. The lowest BCUT2D eigenvalue weighted by Gasteiger charge is -2.15. The van der Waals surface area contributed by atoms with Crippen LogP contribution in [0, 0.1) is 20.8 Å². The van der Waals surface area contributed by atoms with Gasteiger partial charge in [0.25, 0.3) is 5.91 Å². The molecule has 0 aliphatic heterocycles. The Labute approximate surface area is 194 Å². The predicted octanol–water partition coefficient (Wildman–Crippen LogP) is 6.29. The van der Waals surface area contributed by atoms with E-state index in [0.29, 0.717) is 24.7 Å². The lowest BCUT2D eigenvalue weighted by Crippen LogP contribution is -2.21. The summed E-state index contributed by atoms with van der Waals surface area (Å²) in [5, 5.41) is 7.00.